The summed E-state index contributed by atoms with van der Waals surface area (Å²) in [6, 6.07) is 1.47. The minimum Gasteiger partial charge on any atom is -0.379 e. The minimum atomic E-state index is 0.375. The highest BCUT2D eigenvalue weighted by Gasteiger charge is 2.23. The Kier molecular flexibility index (Phi) is 7.87. The second-order valence-electron chi connectivity index (χ2n) is 5.79. The van der Waals surface area contributed by atoms with Gasteiger partial charge in [0.25, 0.3) is 0 Å². The summed E-state index contributed by atoms with van der Waals surface area (Å²) in [6.45, 7) is 13.3. The molecule has 1 N–H and O–H groups in total. The van der Waals surface area contributed by atoms with Gasteiger partial charge in [-0.15, -0.1) is 0 Å². The number of hydrogen-bond donors (Lipinski definition) is 1. The zero-order valence-corrected chi connectivity index (χ0v) is 12.7. The monoisotopic (exact) mass is 256 g/mol. The summed E-state index contributed by atoms with van der Waals surface area (Å²) >= 11 is 0. The lowest BCUT2D eigenvalue weighted by molar-refractivity contribution is 0.0707. The molecule has 108 valence electrons. The van der Waals surface area contributed by atoms with Gasteiger partial charge in [0.15, 0.2) is 0 Å². The van der Waals surface area contributed by atoms with Crippen LogP contribution in [-0.4, -0.2) is 49.3 Å². The molecular weight excluding hydrogens is 224 g/mol. The fourth-order valence-corrected chi connectivity index (χ4v) is 2.76. The molecular formula is C15H32N2O. The minimum absolute atomic E-state index is 0.375. The molecule has 0 amide bonds. The van der Waals surface area contributed by atoms with Gasteiger partial charge in [0.2, 0.25) is 0 Å². The normalized spacial score (nSPS) is 25.8. The van der Waals surface area contributed by atoms with Crippen molar-refractivity contribution in [3.63, 3.8) is 0 Å². The van der Waals surface area contributed by atoms with Crippen molar-refractivity contribution in [2.24, 2.45) is 0 Å². The number of nitrogens with zero attached hydrogens (tertiary/aromatic N) is 1. The first-order chi connectivity index (χ1) is 8.63. The smallest absolute Gasteiger partial charge is 0.0518 e. The molecule has 1 aliphatic heterocycles. The Morgan fingerprint density at radius 3 is 2.72 bits per heavy atom. The van der Waals surface area contributed by atoms with Crippen LogP contribution in [0.1, 0.15) is 53.4 Å². The molecule has 0 aromatic heterocycles. The second kappa shape index (κ2) is 8.89. The van der Waals surface area contributed by atoms with E-state index in [1.807, 2.05) is 0 Å². The first kappa shape index (κ1) is 15.9. The maximum Gasteiger partial charge on any atom is 0.0518 e. The summed E-state index contributed by atoms with van der Waals surface area (Å²) in [5.74, 6) is 0. The Morgan fingerprint density at radius 1 is 1.33 bits per heavy atom. The molecule has 0 aliphatic carbocycles. The van der Waals surface area contributed by atoms with E-state index >= 15 is 0 Å². The molecule has 1 heterocycles. The molecule has 0 radical (unpaired) electrons. The Bertz CT molecular complexity index is 209. The van der Waals surface area contributed by atoms with Crippen LogP contribution in [0.2, 0.25) is 0 Å². The maximum atomic E-state index is 5.58. The van der Waals surface area contributed by atoms with Gasteiger partial charge in [-0.3, -0.25) is 0 Å². The molecule has 0 bridgehead atoms. The molecule has 1 fully saturated rings. The molecule has 2 atom stereocenters. The lowest BCUT2D eigenvalue weighted by Gasteiger charge is -2.38. The highest BCUT2D eigenvalue weighted by atomic mass is 16.5. The number of hydrogen-bond acceptors (Lipinski definition) is 3. The Hall–Kier alpha value is -0.120. The van der Waals surface area contributed by atoms with Crippen LogP contribution >= 0.6 is 0 Å². The zero-order chi connectivity index (χ0) is 13.4. The molecule has 1 saturated heterocycles. The van der Waals surface area contributed by atoms with E-state index in [4.69, 9.17) is 4.74 Å². The fourth-order valence-electron chi connectivity index (χ4n) is 2.76. The summed E-state index contributed by atoms with van der Waals surface area (Å²) in [6.07, 6.45) is 5.44. The molecule has 1 aliphatic rings. The van der Waals surface area contributed by atoms with Crippen LogP contribution in [0.4, 0.5) is 0 Å². The van der Waals surface area contributed by atoms with Crippen molar-refractivity contribution < 1.29 is 4.74 Å². The molecule has 3 heteroatoms. The van der Waals surface area contributed by atoms with Gasteiger partial charge < -0.3 is 15.0 Å². The highest BCUT2D eigenvalue weighted by molar-refractivity contribution is 4.82. The Balaban J connectivity index is 2.08. The zero-order valence-electron chi connectivity index (χ0n) is 12.7. The average Bonchev–Trinajstić information content (AvgIpc) is 2.31. The lowest BCUT2D eigenvalue weighted by atomic mass is 9.98. The van der Waals surface area contributed by atoms with Crippen molar-refractivity contribution in [2.75, 3.05) is 26.2 Å². The third kappa shape index (κ3) is 6.17. The topological polar surface area (TPSA) is 24.5 Å². The van der Waals surface area contributed by atoms with Crippen molar-refractivity contribution >= 4 is 0 Å². The Morgan fingerprint density at radius 2 is 2.11 bits per heavy atom. The van der Waals surface area contributed by atoms with Crippen molar-refractivity contribution in [1.82, 2.24) is 10.2 Å². The number of ether oxygens (including phenoxy) is 1. The molecule has 0 aromatic carbocycles. The second-order valence-corrected chi connectivity index (χ2v) is 5.79. The van der Waals surface area contributed by atoms with E-state index in [1.54, 1.807) is 0 Å². The fraction of sp³-hybridized carbons (Fsp3) is 1.00. The van der Waals surface area contributed by atoms with Gasteiger partial charge in [-0.25, -0.2) is 0 Å². The number of unbranched alkanes of at least 4 members (excludes halogenated alkanes) is 1. The van der Waals surface area contributed by atoms with E-state index in [0.29, 0.717) is 6.10 Å². The van der Waals surface area contributed by atoms with Crippen LogP contribution in [0, 0.1) is 0 Å². The summed E-state index contributed by atoms with van der Waals surface area (Å²) in [4.78, 5) is 2.64. The first-order valence-electron chi connectivity index (χ1n) is 7.72. The van der Waals surface area contributed by atoms with E-state index in [1.165, 1.54) is 38.8 Å². The first-order valence-corrected chi connectivity index (χ1v) is 7.72. The van der Waals surface area contributed by atoms with E-state index in [0.717, 1.165) is 25.2 Å². The van der Waals surface area contributed by atoms with Gasteiger partial charge in [-0.05, 0) is 66.1 Å². The number of piperidine rings is 1. The molecule has 1 rings (SSSR count). The van der Waals surface area contributed by atoms with E-state index in [9.17, 15) is 0 Å². The lowest BCUT2D eigenvalue weighted by Crippen LogP contribution is -2.47. The van der Waals surface area contributed by atoms with Crippen LogP contribution in [0.15, 0.2) is 0 Å². The van der Waals surface area contributed by atoms with Gasteiger partial charge in [0.05, 0.1) is 6.10 Å². The summed E-state index contributed by atoms with van der Waals surface area (Å²) in [5, 5.41) is 3.58. The quantitative estimate of drug-likeness (QED) is 0.676. The van der Waals surface area contributed by atoms with Crippen molar-refractivity contribution in [3.8, 4) is 0 Å². The molecule has 0 spiro atoms. The van der Waals surface area contributed by atoms with Crippen LogP contribution < -0.4 is 5.32 Å². The van der Waals surface area contributed by atoms with Gasteiger partial charge >= 0.3 is 0 Å². The summed E-state index contributed by atoms with van der Waals surface area (Å²) in [5.41, 5.74) is 0. The van der Waals surface area contributed by atoms with Crippen LogP contribution in [-0.2, 0) is 4.74 Å². The van der Waals surface area contributed by atoms with E-state index in [-0.39, 0.29) is 0 Å². The van der Waals surface area contributed by atoms with Crippen LogP contribution in [0.3, 0.4) is 0 Å². The molecule has 3 nitrogen and oxygen atoms in total. The predicted molar refractivity (Wildman–Crippen MR) is 78.1 cm³/mol. The number of rotatable bonds is 8. The third-order valence-corrected chi connectivity index (χ3v) is 3.80. The van der Waals surface area contributed by atoms with Gasteiger partial charge in [0, 0.05) is 18.7 Å². The molecule has 18 heavy (non-hydrogen) atoms. The summed E-state index contributed by atoms with van der Waals surface area (Å²) < 4.78 is 5.58. The molecule has 0 aromatic rings. The number of nitrogens with one attached hydrogen (secondary N) is 1. The summed E-state index contributed by atoms with van der Waals surface area (Å²) in [7, 11) is 0. The highest BCUT2D eigenvalue weighted by Crippen LogP contribution is 2.17. The van der Waals surface area contributed by atoms with Crippen LogP contribution in [0.25, 0.3) is 0 Å². The van der Waals surface area contributed by atoms with E-state index < -0.39 is 0 Å². The van der Waals surface area contributed by atoms with Gasteiger partial charge in [0.1, 0.15) is 0 Å². The van der Waals surface area contributed by atoms with Crippen molar-refractivity contribution in [3.05, 3.63) is 0 Å². The Labute approximate surface area is 113 Å². The maximum absolute atomic E-state index is 5.58. The molecule has 2 unspecified atom stereocenters. The average molecular weight is 256 g/mol. The molecule has 0 saturated carbocycles. The van der Waals surface area contributed by atoms with E-state index in [2.05, 4.69) is 37.9 Å². The predicted octanol–water partition coefficient (Wildman–Crippen LogP) is 2.65. The van der Waals surface area contributed by atoms with Gasteiger partial charge in [-0.1, -0.05) is 6.92 Å². The standard InChI is InChI=1S/C15H32N2O/c1-5-16-15-8-10-17(14(4)12-15)9-6-7-11-18-13(2)3/h13-16H,5-12H2,1-4H3. The SMILES string of the molecule is CCNC1CCN(CCCCOC(C)C)C(C)C1. The third-order valence-electron chi connectivity index (χ3n) is 3.80. The van der Waals surface area contributed by atoms with Gasteiger partial charge in [-0.2, -0.15) is 0 Å². The van der Waals surface area contributed by atoms with Crippen LogP contribution in [0.5, 0.6) is 0 Å². The number of likely N-dealkylation sites (tertiary alicyclic amines) is 1. The largest absolute Gasteiger partial charge is 0.379 e. The van der Waals surface area contributed by atoms with Crippen molar-refractivity contribution in [2.45, 2.75) is 71.6 Å². The van der Waals surface area contributed by atoms with Crippen molar-refractivity contribution in [1.29, 1.82) is 0 Å².